The Labute approximate surface area is 259 Å². The molecule has 5 aromatic carbocycles. The van der Waals surface area contributed by atoms with Gasteiger partial charge in [-0.3, -0.25) is 9.59 Å². The largest absolute Gasteiger partial charge is 0.508 e. The number of carboxylic acids is 1. The molecule has 0 saturated carbocycles. The molecule has 0 heterocycles. The summed E-state index contributed by atoms with van der Waals surface area (Å²) in [5.41, 5.74) is 6.57. The van der Waals surface area contributed by atoms with Crippen molar-refractivity contribution in [3.05, 3.63) is 150 Å². The molecule has 0 aliphatic rings. The van der Waals surface area contributed by atoms with E-state index in [4.69, 9.17) is 0 Å². The third-order valence-corrected chi connectivity index (χ3v) is 7.93. The zero-order valence-corrected chi connectivity index (χ0v) is 25.3. The second-order valence-electron chi connectivity index (χ2n) is 12.1. The zero-order chi connectivity index (χ0) is 31.3. The Morgan fingerprint density at radius 1 is 0.682 bits per heavy atom. The molecule has 0 fully saturated rings. The third kappa shape index (κ3) is 7.07. The van der Waals surface area contributed by atoms with Gasteiger partial charge in [0.25, 0.3) is 5.91 Å². The molecule has 222 valence electrons. The molecule has 5 rings (SSSR count). The molecule has 2 N–H and O–H groups in total. The molecule has 5 nitrogen and oxygen atoms in total. The van der Waals surface area contributed by atoms with Gasteiger partial charge in [0.2, 0.25) is 0 Å². The summed E-state index contributed by atoms with van der Waals surface area (Å²) < 4.78 is 0. The third-order valence-electron chi connectivity index (χ3n) is 7.93. The monoisotopic (exact) mass is 583 g/mol. The van der Waals surface area contributed by atoms with Crippen LogP contribution in [0.25, 0.3) is 22.3 Å². The number of rotatable bonds is 9. The predicted molar refractivity (Wildman–Crippen MR) is 175 cm³/mol. The van der Waals surface area contributed by atoms with Crippen LogP contribution < -0.4 is 0 Å². The normalized spacial score (nSPS) is 12.0. The number of hydrogen-bond acceptors (Lipinski definition) is 3. The van der Waals surface area contributed by atoms with Gasteiger partial charge >= 0.3 is 5.97 Å². The fraction of sp³-hybridized carbons (Fsp3) is 0.179. The Morgan fingerprint density at radius 2 is 1.18 bits per heavy atom. The van der Waals surface area contributed by atoms with E-state index in [0.717, 1.165) is 27.8 Å². The van der Waals surface area contributed by atoms with Crippen LogP contribution in [0, 0.1) is 0 Å². The molecule has 44 heavy (non-hydrogen) atoms. The van der Waals surface area contributed by atoms with E-state index in [1.807, 2.05) is 109 Å². The molecule has 0 radical (unpaired) electrons. The van der Waals surface area contributed by atoms with E-state index in [-0.39, 0.29) is 30.0 Å². The number of aromatic hydroxyl groups is 1. The lowest BCUT2D eigenvalue weighted by atomic mass is 9.86. The average Bonchev–Trinajstić information content (AvgIpc) is 3.03. The van der Waals surface area contributed by atoms with Gasteiger partial charge in [-0.25, -0.2) is 0 Å². The fourth-order valence-corrected chi connectivity index (χ4v) is 5.39. The second-order valence-corrected chi connectivity index (χ2v) is 12.1. The highest BCUT2D eigenvalue weighted by Crippen LogP contribution is 2.34. The summed E-state index contributed by atoms with van der Waals surface area (Å²) in [6, 6.07) is 39.5. The molecule has 1 atom stereocenters. The Kier molecular flexibility index (Phi) is 8.96. The van der Waals surface area contributed by atoms with Crippen LogP contribution in [0.15, 0.2) is 127 Å². The number of nitrogens with zero attached hydrogens (tertiary/aromatic N) is 1. The van der Waals surface area contributed by atoms with E-state index in [1.165, 1.54) is 0 Å². The maximum Gasteiger partial charge on any atom is 0.305 e. The van der Waals surface area contributed by atoms with Crippen molar-refractivity contribution < 1.29 is 19.8 Å². The zero-order valence-electron chi connectivity index (χ0n) is 25.3. The van der Waals surface area contributed by atoms with Crippen molar-refractivity contribution in [2.75, 3.05) is 0 Å². The molecule has 1 unspecified atom stereocenters. The standard InChI is InChI=1S/C39H37NO4/c1-39(2,3)34-22-23-36(41)33(24-34)26-40(38(44)32-20-16-30(17-21-32)28-12-8-5-9-13-28)35(25-37(42)43)31-18-14-29(15-19-31)27-10-6-4-7-11-27/h4-24,35,41H,25-26H2,1-3H3,(H,42,43). The van der Waals surface area contributed by atoms with Crippen LogP contribution in [-0.2, 0) is 16.8 Å². The second kappa shape index (κ2) is 13.0. The number of carbonyl (C=O) groups is 2. The summed E-state index contributed by atoms with van der Waals surface area (Å²) in [5, 5.41) is 20.9. The number of aliphatic carboxylic acids is 1. The lowest BCUT2D eigenvalue weighted by molar-refractivity contribution is -0.138. The first-order valence-corrected chi connectivity index (χ1v) is 14.8. The first kappa shape index (κ1) is 30.3. The molecule has 0 aliphatic carbocycles. The van der Waals surface area contributed by atoms with Crippen LogP contribution in [0.4, 0.5) is 0 Å². The number of phenolic OH excluding ortho intramolecular Hbond substituents is 1. The number of carboxylic acid groups (broad SMARTS) is 1. The van der Waals surface area contributed by atoms with Crippen molar-refractivity contribution in [3.8, 4) is 28.0 Å². The quantitative estimate of drug-likeness (QED) is 0.182. The van der Waals surface area contributed by atoms with Gasteiger partial charge in [-0.05, 0) is 63.1 Å². The number of hydrogen-bond donors (Lipinski definition) is 2. The summed E-state index contributed by atoms with van der Waals surface area (Å²) in [7, 11) is 0. The molecular weight excluding hydrogens is 546 g/mol. The molecule has 0 aliphatic heterocycles. The van der Waals surface area contributed by atoms with E-state index in [0.29, 0.717) is 16.7 Å². The van der Waals surface area contributed by atoms with Crippen LogP contribution in [0.2, 0.25) is 0 Å². The smallest absolute Gasteiger partial charge is 0.305 e. The van der Waals surface area contributed by atoms with Crippen molar-refractivity contribution in [2.45, 2.75) is 45.2 Å². The van der Waals surface area contributed by atoms with E-state index < -0.39 is 12.0 Å². The SMILES string of the molecule is CC(C)(C)c1ccc(O)c(CN(C(=O)c2ccc(-c3ccccc3)cc2)C(CC(=O)O)c2ccc(-c3ccccc3)cc2)c1. The maximum absolute atomic E-state index is 14.3. The van der Waals surface area contributed by atoms with Gasteiger partial charge in [0.15, 0.2) is 0 Å². The Morgan fingerprint density at radius 3 is 1.68 bits per heavy atom. The summed E-state index contributed by atoms with van der Waals surface area (Å²) in [6.45, 7) is 6.29. The van der Waals surface area contributed by atoms with Crippen molar-refractivity contribution in [2.24, 2.45) is 0 Å². The number of carbonyl (C=O) groups excluding carboxylic acids is 1. The number of benzene rings is 5. The molecule has 0 spiro atoms. The highest BCUT2D eigenvalue weighted by atomic mass is 16.4. The van der Waals surface area contributed by atoms with Gasteiger partial charge in [0.05, 0.1) is 19.0 Å². The lowest BCUT2D eigenvalue weighted by Crippen LogP contribution is -2.36. The van der Waals surface area contributed by atoms with Crippen LogP contribution in [0.5, 0.6) is 5.75 Å². The Balaban J connectivity index is 1.57. The van der Waals surface area contributed by atoms with E-state index in [2.05, 4.69) is 20.8 Å². The molecule has 0 saturated heterocycles. The van der Waals surface area contributed by atoms with Crippen LogP contribution >= 0.6 is 0 Å². The number of phenols is 1. The fourth-order valence-electron chi connectivity index (χ4n) is 5.39. The van der Waals surface area contributed by atoms with Gasteiger partial charge < -0.3 is 15.1 Å². The maximum atomic E-state index is 14.3. The van der Waals surface area contributed by atoms with Crippen molar-refractivity contribution in [3.63, 3.8) is 0 Å². The molecule has 5 aromatic rings. The van der Waals surface area contributed by atoms with Gasteiger partial charge in [-0.15, -0.1) is 0 Å². The average molecular weight is 584 g/mol. The molecule has 0 bridgehead atoms. The first-order valence-electron chi connectivity index (χ1n) is 14.8. The van der Waals surface area contributed by atoms with Crippen LogP contribution in [-0.4, -0.2) is 27.0 Å². The highest BCUT2D eigenvalue weighted by molar-refractivity contribution is 5.95. The molecule has 1 amide bonds. The molecule has 5 heteroatoms. The minimum atomic E-state index is -1.02. The Hall–Kier alpha value is -5.16. The molecule has 0 aromatic heterocycles. The van der Waals surface area contributed by atoms with E-state index in [1.54, 1.807) is 23.1 Å². The first-order chi connectivity index (χ1) is 21.1. The van der Waals surface area contributed by atoms with Crippen molar-refractivity contribution >= 4 is 11.9 Å². The van der Waals surface area contributed by atoms with Gasteiger partial charge in [-0.2, -0.15) is 0 Å². The lowest BCUT2D eigenvalue weighted by Gasteiger charge is -2.32. The molecular formula is C39H37NO4. The Bertz CT molecular complexity index is 1720. The van der Waals surface area contributed by atoms with Gasteiger partial charge in [-0.1, -0.05) is 124 Å². The number of amides is 1. The predicted octanol–water partition coefficient (Wildman–Crippen LogP) is 8.88. The van der Waals surface area contributed by atoms with Gasteiger partial charge in [0.1, 0.15) is 5.75 Å². The minimum absolute atomic E-state index is 0.0351. The summed E-state index contributed by atoms with van der Waals surface area (Å²) in [6.07, 6.45) is -0.293. The minimum Gasteiger partial charge on any atom is -0.508 e. The van der Waals surface area contributed by atoms with Crippen LogP contribution in [0.3, 0.4) is 0 Å². The van der Waals surface area contributed by atoms with Crippen molar-refractivity contribution in [1.29, 1.82) is 0 Å². The topological polar surface area (TPSA) is 77.8 Å². The highest BCUT2D eigenvalue weighted by Gasteiger charge is 2.30. The van der Waals surface area contributed by atoms with Crippen molar-refractivity contribution in [1.82, 2.24) is 4.90 Å². The van der Waals surface area contributed by atoms with E-state index in [9.17, 15) is 19.8 Å². The summed E-state index contributed by atoms with van der Waals surface area (Å²) >= 11 is 0. The van der Waals surface area contributed by atoms with Crippen LogP contribution in [0.1, 0.15) is 60.3 Å². The summed E-state index contributed by atoms with van der Waals surface area (Å²) in [5.74, 6) is -1.28. The van der Waals surface area contributed by atoms with E-state index >= 15 is 0 Å². The summed E-state index contributed by atoms with van der Waals surface area (Å²) in [4.78, 5) is 28.2. The van der Waals surface area contributed by atoms with Gasteiger partial charge in [0, 0.05) is 11.1 Å².